The topological polar surface area (TPSA) is 54.8 Å². The third kappa shape index (κ3) is 7.74. The molecule has 36 heavy (non-hydrogen) atoms. The largest absolute Gasteiger partial charge is 0.497 e. The first-order valence-corrected chi connectivity index (χ1v) is 12.8. The zero-order chi connectivity index (χ0) is 25.9. The predicted molar refractivity (Wildman–Crippen MR) is 144 cm³/mol. The highest BCUT2D eigenvalue weighted by atomic mass is 16.5. The van der Waals surface area contributed by atoms with E-state index in [1.54, 1.807) is 12.0 Å². The van der Waals surface area contributed by atoms with Gasteiger partial charge in [0.25, 0.3) is 0 Å². The van der Waals surface area contributed by atoms with Crippen molar-refractivity contribution in [2.75, 3.05) is 13.7 Å². The van der Waals surface area contributed by atoms with Crippen LogP contribution in [0.3, 0.4) is 0 Å². The Balaban J connectivity index is 1.81. The second-order valence-electron chi connectivity index (χ2n) is 9.43. The highest BCUT2D eigenvalue weighted by molar-refractivity contribution is 5.85. The van der Waals surface area contributed by atoms with Gasteiger partial charge in [-0.25, -0.2) is 0 Å². The number of unbranched alkanes of at least 4 members (excludes halogenated alkanes) is 1. The fourth-order valence-corrected chi connectivity index (χ4v) is 4.22. The SMILES string of the molecule is CCCCC(=O)N(CC(=O)N(Cc1ccccc1)Cc1cccn1Cc1cccc(OC)c1)C(C)C. The maximum atomic E-state index is 13.6. The van der Waals surface area contributed by atoms with Gasteiger partial charge in [-0.3, -0.25) is 9.59 Å². The zero-order valence-electron chi connectivity index (χ0n) is 22.0. The van der Waals surface area contributed by atoms with Crippen LogP contribution in [0.2, 0.25) is 0 Å². The molecule has 0 saturated carbocycles. The molecule has 2 aromatic carbocycles. The van der Waals surface area contributed by atoms with Gasteiger partial charge in [0.15, 0.2) is 0 Å². The van der Waals surface area contributed by atoms with E-state index in [1.807, 2.05) is 79.5 Å². The number of ether oxygens (including phenoxy) is 1. The summed E-state index contributed by atoms with van der Waals surface area (Å²) in [6, 6.07) is 22.0. The first kappa shape index (κ1) is 27.1. The smallest absolute Gasteiger partial charge is 0.242 e. The summed E-state index contributed by atoms with van der Waals surface area (Å²) < 4.78 is 7.53. The van der Waals surface area contributed by atoms with Gasteiger partial charge in [-0.1, -0.05) is 55.8 Å². The van der Waals surface area contributed by atoms with E-state index in [-0.39, 0.29) is 24.4 Å². The molecule has 0 saturated heterocycles. The number of amides is 2. The Labute approximate surface area is 215 Å². The van der Waals surface area contributed by atoms with Crippen molar-refractivity contribution in [3.63, 3.8) is 0 Å². The lowest BCUT2D eigenvalue weighted by atomic mass is 10.2. The van der Waals surface area contributed by atoms with Gasteiger partial charge in [0.2, 0.25) is 11.8 Å². The standard InChI is InChI=1S/C30H39N3O3/c1-5-6-17-29(34)33(24(2)3)23-30(35)32(20-25-12-8-7-9-13-25)22-27-15-11-18-31(27)21-26-14-10-16-28(19-26)36-4/h7-16,18-19,24H,5-6,17,20-23H2,1-4H3. The predicted octanol–water partition coefficient (Wildman–Crippen LogP) is 5.50. The number of benzene rings is 2. The van der Waals surface area contributed by atoms with E-state index in [1.165, 1.54) is 0 Å². The number of carbonyl (C=O) groups is 2. The summed E-state index contributed by atoms with van der Waals surface area (Å²) in [5.41, 5.74) is 3.22. The monoisotopic (exact) mass is 489 g/mol. The summed E-state index contributed by atoms with van der Waals surface area (Å²) in [5.74, 6) is 0.816. The van der Waals surface area contributed by atoms with Crippen molar-refractivity contribution in [2.24, 2.45) is 0 Å². The third-order valence-electron chi connectivity index (χ3n) is 6.33. The van der Waals surface area contributed by atoms with E-state index in [0.717, 1.165) is 35.4 Å². The number of carbonyl (C=O) groups excluding carboxylic acids is 2. The first-order chi connectivity index (χ1) is 17.4. The van der Waals surface area contributed by atoms with Crippen LogP contribution in [0.25, 0.3) is 0 Å². The van der Waals surface area contributed by atoms with Gasteiger partial charge in [0.05, 0.1) is 20.2 Å². The van der Waals surface area contributed by atoms with Crippen molar-refractivity contribution in [2.45, 2.75) is 65.7 Å². The van der Waals surface area contributed by atoms with E-state index >= 15 is 0 Å². The summed E-state index contributed by atoms with van der Waals surface area (Å²) in [7, 11) is 1.67. The van der Waals surface area contributed by atoms with Crippen LogP contribution in [-0.2, 0) is 29.2 Å². The molecule has 0 fully saturated rings. The molecule has 0 aliphatic heterocycles. The van der Waals surface area contributed by atoms with E-state index in [4.69, 9.17) is 4.74 Å². The lowest BCUT2D eigenvalue weighted by Gasteiger charge is -2.30. The molecular weight excluding hydrogens is 450 g/mol. The Morgan fingerprint density at radius 1 is 0.917 bits per heavy atom. The van der Waals surface area contributed by atoms with Crippen molar-refractivity contribution in [3.8, 4) is 5.75 Å². The lowest BCUT2D eigenvalue weighted by Crippen LogP contribution is -2.45. The molecule has 0 atom stereocenters. The normalized spacial score (nSPS) is 10.9. The molecule has 3 aromatic rings. The minimum absolute atomic E-state index is 0.0335. The molecule has 1 aromatic heterocycles. The number of aromatic nitrogens is 1. The van der Waals surface area contributed by atoms with Crippen LogP contribution in [0.5, 0.6) is 5.75 Å². The van der Waals surface area contributed by atoms with Gasteiger partial charge >= 0.3 is 0 Å². The Bertz CT molecular complexity index is 1110. The molecule has 0 aliphatic rings. The molecule has 0 aliphatic carbocycles. The maximum absolute atomic E-state index is 13.6. The van der Waals surface area contributed by atoms with Crippen molar-refractivity contribution in [3.05, 3.63) is 89.7 Å². The Morgan fingerprint density at radius 2 is 1.67 bits per heavy atom. The van der Waals surface area contributed by atoms with Crippen molar-refractivity contribution in [1.82, 2.24) is 14.4 Å². The Morgan fingerprint density at radius 3 is 2.36 bits per heavy atom. The molecule has 6 nitrogen and oxygen atoms in total. The zero-order valence-corrected chi connectivity index (χ0v) is 22.0. The summed E-state index contributed by atoms with van der Waals surface area (Å²) in [4.78, 5) is 30.0. The number of hydrogen-bond donors (Lipinski definition) is 0. The summed E-state index contributed by atoms with van der Waals surface area (Å²) in [6.45, 7) is 7.72. The molecule has 192 valence electrons. The van der Waals surface area contributed by atoms with Crippen LogP contribution in [0.1, 0.15) is 56.9 Å². The lowest BCUT2D eigenvalue weighted by molar-refractivity contribution is -0.142. The second kappa shape index (κ2) is 13.5. The van der Waals surface area contributed by atoms with Gasteiger partial charge in [0.1, 0.15) is 5.75 Å². The van der Waals surface area contributed by atoms with Crippen molar-refractivity contribution in [1.29, 1.82) is 0 Å². The quantitative estimate of drug-likeness (QED) is 0.319. The first-order valence-electron chi connectivity index (χ1n) is 12.8. The van der Waals surface area contributed by atoms with Crippen molar-refractivity contribution >= 4 is 11.8 Å². The number of rotatable bonds is 13. The number of nitrogens with zero attached hydrogens (tertiary/aromatic N) is 3. The highest BCUT2D eigenvalue weighted by Crippen LogP contribution is 2.17. The molecular formula is C30H39N3O3. The molecule has 0 spiro atoms. The summed E-state index contributed by atoms with van der Waals surface area (Å²) in [5, 5.41) is 0. The summed E-state index contributed by atoms with van der Waals surface area (Å²) >= 11 is 0. The minimum atomic E-state index is -0.0495. The van der Waals surface area contributed by atoms with Crippen molar-refractivity contribution < 1.29 is 14.3 Å². The van der Waals surface area contributed by atoms with Crippen LogP contribution in [-0.4, -0.2) is 45.9 Å². The average Bonchev–Trinajstić information content (AvgIpc) is 3.32. The molecule has 1 heterocycles. The Kier molecular flexibility index (Phi) is 10.2. The second-order valence-corrected chi connectivity index (χ2v) is 9.43. The van der Waals surface area contributed by atoms with Crippen LogP contribution < -0.4 is 4.74 Å². The molecule has 0 radical (unpaired) electrons. The maximum Gasteiger partial charge on any atom is 0.242 e. The van der Waals surface area contributed by atoms with Gasteiger partial charge < -0.3 is 19.1 Å². The molecule has 6 heteroatoms. The van der Waals surface area contributed by atoms with Crippen LogP contribution in [0.15, 0.2) is 72.9 Å². The van der Waals surface area contributed by atoms with E-state index < -0.39 is 0 Å². The highest BCUT2D eigenvalue weighted by Gasteiger charge is 2.24. The molecule has 0 bridgehead atoms. The molecule has 0 N–H and O–H groups in total. The van der Waals surface area contributed by atoms with Gasteiger partial charge in [-0.05, 0) is 55.7 Å². The number of methoxy groups -OCH3 is 1. The van der Waals surface area contributed by atoms with Crippen LogP contribution in [0, 0.1) is 0 Å². The van der Waals surface area contributed by atoms with Gasteiger partial charge in [-0.2, -0.15) is 0 Å². The molecule has 3 rings (SSSR count). The fraction of sp³-hybridized carbons (Fsp3) is 0.400. The van der Waals surface area contributed by atoms with E-state index in [9.17, 15) is 9.59 Å². The third-order valence-corrected chi connectivity index (χ3v) is 6.33. The van der Waals surface area contributed by atoms with E-state index in [0.29, 0.717) is 26.1 Å². The average molecular weight is 490 g/mol. The Hall–Kier alpha value is -3.54. The van der Waals surface area contributed by atoms with Gasteiger partial charge in [-0.15, -0.1) is 0 Å². The molecule has 2 amide bonds. The number of hydrogen-bond acceptors (Lipinski definition) is 3. The van der Waals surface area contributed by atoms with Gasteiger partial charge in [0, 0.05) is 37.4 Å². The summed E-state index contributed by atoms with van der Waals surface area (Å²) in [6.07, 6.45) is 4.30. The minimum Gasteiger partial charge on any atom is -0.497 e. The molecule has 0 unspecified atom stereocenters. The van der Waals surface area contributed by atoms with E-state index in [2.05, 4.69) is 23.6 Å². The van der Waals surface area contributed by atoms with Crippen LogP contribution >= 0.6 is 0 Å². The van der Waals surface area contributed by atoms with Crippen LogP contribution in [0.4, 0.5) is 0 Å². The fourth-order valence-electron chi connectivity index (χ4n) is 4.22.